The second kappa shape index (κ2) is 8.59. The molecule has 0 amide bonds. The Morgan fingerprint density at radius 3 is 2.05 bits per heavy atom. The van der Waals surface area contributed by atoms with Crippen LogP contribution in [0, 0.1) is 0 Å². The lowest BCUT2D eigenvalue weighted by atomic mass is 9.79. The molecule has 8 rings (SSSR count). The van der Waals surface area contributed by atoms with Crippen molar-refractivity contribution in [1.29, 1.82) is 0 Å². The smallest absolute Gasteiger partial charge is 0.456 e. The summed E-state index contributed by atoms with van der Waals surface area (Å²) in [6.07, 6.45) is 0. The maximum Gasteiger partial charge on any atom is 0.494 e. The van der Waals surface area contributed by atoms with Gasteiger partial charge in [0.25, 0.3) is 0 Å². The van der Waals surface area contributed by atoms with E-state index in [1.807, 2.05) is 12.1 Å². The Kier molecular flexibility index (Phi) is 5.13. The Bertz CT molecular complexity index is 2120. The van der Waals surface area contributed by atoms with Crippen LogP contribution in [0.25, 0.3) is 60.6 Å². The number of fused-ring (bicyclic) bond motifs is 6. The van der Waals surface area contributed by atoms with Crippen molar-refractivity contribution in [2.75, 3.05) is 0 Å². The lowest BCUT2D eigenvalue weighted by Crippen LogP contribution is -2.41. The number of nitrogens with zero attached hydrogens (tertiary/aromatic N) is 1. The molecule has 1 saturated heterocycles. The van der Waals surface area contributed by atoms with Gasteiger partial charge in [0.2, 0.25) is 0 Å². The van der Waals surface area contributed by atoms with E-state index in [-0.39, 0.29) is 0 Å². The highest BCUT2D eigenvalue weighted by Crippen LogP contribution is 2.38. The molecule has 2 aromatic heterocycles. The van der Waals surface area contributed by atoms with E-state index in [1.54, 1.807) is 0 Å². The molecule has 0 spiro atoms. The second-order valence-electron chi connectivity index (χ2n) is 12.1. The van der Waals surface area contributed by atoms with Crippen LogP contribution in [-0.4, -0.2) is 22.9 Å². The summed E-state index contributed by atoms with van der Waals surface area (Å²) in [4.78, 5) is 0. The van der Waals surface area contributed by atoms with Gasteiger partial charge in [-0.05, 0) is 86.7 Å². The first-order chi connectivity index (χ1) is 19.8. The lowest BCUT2D eigenvalue weighted by Gasteiger charge is -2.32. The predicted molar refractivity (Wildman–Crippen MR) is 169 cm³/mol. The Hall–Kier alpha value is -4.32. The molecule has 1 fully saturated rings. The molecule has 5 heteroatoms. The summed E-state index contributed by atoms with van der Waals surface area (Å²) >= 11 is 0. The van der Waals surface area contributed by atoms with Crippen LogP contribution in [0.15, 0.2) is 114 Å². The molecule has 0 N–H and O–H groups in total. The molecular formula is C36H30BNO3. The molecule has 41 heavy (non-hydrogen) atoms. The van der Waals surface area contributed by atoms with Crippen molar-refractivity contribution >= 4 is 56.3 Å². The second-order valence-corrected chi connectivity index (χ2v) is 12.1. The van der Waals surface area contributed by atoms with Crippen LogP contribution in [0.2, 0.25) is 0 Å². The summed E-state index contributed by atoms with van der Waals surface area (Å²) in [7, 11) is -0.418. The molecule has 200 valence electrons. The van der Waals surface area contributed by atoms with Gasteiger partial charge in [-0.3, -0.25) is 0 Å². The van der Waals surface area contributed by atoms with Crippen LogP contribution < -0.4 is 5.46 Å². The molecule has 0 bridgehead atoms. The van der Waals surface area contributed by atoms with Crippen molar-refractivity contribution in [1.82, 2.24) is 4.57 Å². The van der Waals surface area contributed by atoms with Crippen LogP contribution >= 0.6 is 0 Å². The molecular weight excluding hydrogens is 505 g/mol. The van der Waals surface area contributed by atoms with Crippen molar-refractivity contribution in [3.63, 3.8) is 0 Å². The topological polar surface area (TPSA) is 36.5 Å². The first-order valence-electron chi connectivity index (χ1n) is 14.2. The van der Waals surface area contributed by atoms with Crippen LogP contribution in [-0.2, 0) is 9.31 Å². The van der Waals surface area contributed by atoms with Crippen LogP contribution in [0.4, 0.5) is 0 Å². The van der Waals surface area contributed by atoms with Gasteiger partial charge in [-0.15, -0.1) is 0 Å². The Morgan fingerprint density at radius 2 is 1.22 bits per heavy atom. The van der Waals surface area contributed by atoms with Gasteiger partial charge in [0.05, 0.1) is 22.2 Å². The van der Waals surface area contributed by atoms with Gasteiger partial charge in [-0.25, -0.2) is 0 Å². The minimum absolute atomic E-state index is 0.394. The number of aromatic nitrogens is 1. The number of rotatable bonds is 3. The number of furan rings is 1. The highest BCUT2D eigenvalue weighted by Gasteiger charge is 2.51. The predicted octanol–water partition coefficient (Wildman–Crippen LogP) is 8.65. The van der Waals surface area contributed by atoms with Crippen LogP contribution in [0.3, 0.4) is 0 Å². The standard InChI is InChI=1S/C36H30BNO3/c1-35(2)36(3,4)41-37(40-35)25-17-18-28-27-12-5-7-14-31(27)38(32(28)22-25)26-11-9-10-23(20-26)24-16-19-34-30(21-24)29-13-6-8-15-33(29)39-34/h5-22H,1-4H3. The van der Waals surface area contributed by atoms with Crippen molar-refractivity contribution in [2.45, 2.75) is 38.9 Å². The summed E-state index contributed by atoms with van der Waals surface area (Å²) in [5.41, 5.74) is 7.77. The third kappa shape index (κ3) is 3.69. The van der Waals surface area contributed by atoms with Crippen LogP contribution in [0.1, 0.15) is 27.7 Å². The van der Waals surface area contributed by atoms with E-state index in [9.17, 15) is 0 Å². The van der Waals surface area contributed by atoms with E-state index in [4.69, 9.17) is 13.7 Å². The minimum atomic E-state index is -0.418. The van der Waals surface area contributed by atoms with E-state index in [0.29, 0.717) is 0 Å². The summed E-state index contributed by atoms with van der Waals surface area (Å²) in [5, 5.41) is 4.70. The number of benzene rings is 5. The van der Waals surface area contributed by atoms with Gasteiger partial charge in [-0.1, -0.05) is 66.7 Å². The Morgan fingerprint density at radius 1 is 0.537 bits per heavy atom. The van der Waals surface area contributed by atoms with Crippen molar-refractivity contribution in [3.8, 4) is 16.8 Å². The van der Waals surface area contributed by atoms with Gasteiger partial charge in [0.1, 0.15) is 11.2 Å². The molecule has 7 aromatic rings. The average molecular weight is 535 g/mol. The van der Waals surface area contributed by atoms with Crippen molar-refractivity contribution in [2.24, 2.45) is 0 Å². The zero-order valence-electron chi connectivity index (χ0n) is 23.6. The Balaban J connectivity index is 1.29. The molecule has 0 unspecified atom stereocenters. The molecule has 5 aromatic carbocycles. The van der Waals surface area contributed by atoms with E-state index >= 15 is 0 Å². The number of hydrogen-bond donors (Lipinski definition) is 0. The monoisotopic (exact) mass is 535 g/mol. The first-order valence-corrected chi connectivity index (χ1v) is 14.2. The summed E-state index contributed by atoms with van der Waals surface area (Å²) in [5.74, 6) is 0. The first kappa shape index (κ1) is 24.5. The SMILES string of the molecule is CC1(C)OB(c2ccc3c4ccccc4n(-c4cccc(-c5ccc6oc7ccccc7c6c5)c4)c3c2)OC1(C)C. The lowest BCUT2D eigenvalue weighted by molar-refractivity contribution is 0.00578. The van der Waals surface area contributed by atoms with E-state index in [0.717, 1.165) is 49.7 Å². The molecule has 4 nitrogen and oxygen atoms in total. The Labute approximate surface area is 239 Å². The van der Waals surface area contributed by atoms with Crippen LogP contribution in [0.5, 0.6) is 0 Å². The van der Waals surface area contributed by atoms with Gasteiger partial charge >= 0.3 is 7.12 Å². The highest BCUT2D eigenvalue weighted by atomic mass is 16.7. The van der Waals surface area contributed by atoms with E-state index in [1.165, 1.54) is 16.3 Å². The van der Waals surface area contributed by atoms with Gasteiger partial charge in [0, 0.05) is 27.2 Å². The highest BCUT2D eigenvalue weighted by molar-refractivity contribution is 6.62. The molecule has 0 aliphatic carbocycles. The van der Waals surface area contributed by atoms with Gasteiger partial charge in [-0.2, -0.15) is 0 Å². The number of para-hydroxylation sites is 2. The summed E-state index contributed by atoms with van der Waals surface area (Å²) in [6.45, 7) is 8.38. The summed E-state index contributed by atoms with van der Waals surface area (Å²) in [6, 6.07) is 38.6. The third-order valence-corrected chi connectivity index (χ3v) is 9.04. The zero-order chi connectivity index (χ0) is 27.9. The maximum atomic E-state index is 6.42. The third-order valence-electron chi connectivity index (χ3n) is 9.04. The molecule has 0 radical (unpaired) electrons. The molecule has 0 saturated carbocycles. The maximum absolute atomic E-state index is 6.42. The normalized spacial score (nSPS) is 16.4. The number of hydrogen-bond acceptors (Lipinski definition) is 3. The van der Waals surface area contributed by atoms with E-state index in [2.05, 4.69) is 129 Å². The van der Waals surface area contributed by atoms with E-state index < -0.39 is 18.3 Å². The van der Waals surface area contributed by atoms with Crippen molar-refractivity contribution < 1.29 is 13.7 Å². The molecule has 1 aliphatic heterocycles. The van der Waals surface area contributed by atoms with Gasteiger partial charge < -0.3 is 18.3 Å². The fourth-order valence-electron chi connectivity index (χ4n) is 6.12. The largest absolute Gasteiger partial charge is 0.494 e. The quantitative estimate of drug-likeness (QED) is 0.213. The zero-order valence-corrected chi connectivity index (χ0v) is 23.6. The minimum Gasteiger partial charge on any atom is -0.456 e. The molecule has 3 heterocycles. The molecule has 1 aliphatic rings. The fraction of sp³-hybridized carbons (Fsp3) is 0.167. The van der Waals surface area contributed by atoms with Crippen molar-refractivity contribution in [3.05, 3.63) is 109 Å². The summed E-state index contributed by atoms with van der Waals surface area (Å²) < 4.78 is 21.3. The molecule has 0 atom stereocenters. The fourth-order valence-corrected chi connectivity index (χ4v) is 6.12. The average Bonchev–Trinajstić information content (AvgIpc) is 3.58. The van der Waals surface area contributed by atoms with Gasteiger partial charge in [0.15, 0.2) is 0 Å².